The van der Waals surface area contributed by atoms with Crippen LogP contribution < -0.4 is 5.32 Å². The van der Waals surface area contributed by atoms with E-state index < -0.39 is 0 Å². The maximum atomic E-state index is 11.3. The van der Waals surface area contributed by atoms with Crippen LogP contribution in [0.5, 0.6) is 0 Å². The highest BCUT2D eigenvalue weighted by Crippen LogP contribution is 2.16. The summed E-state index contributed by atoms with van der Waals surface area (Å²) in [4.78, 5) is 15.4. The van der Waals surface area contributed by atoms with Crippen LogP contribution in [-0.4, -0.2) is 22.9 Å². The second-order valence-corrected chi connectivity index (χ2v) is 4.68. The van der Waals surface area contributed by atoms with Gasteiger partial charge in [0.25, 0.3) is 0 Å². The van der Waals surface area contributed by atoms with Gasteiger partial charge in [-0.3, -0.25) is 4.79 Å². The molecule has 0 aliphatic rings. The molecule has 0 bridgehead atoms. The number of hydrogen-bond acceptors (Lipinski definition) is 4. The van der Waals surface area contributed by atoms with Crippen molar-refractivity contribution in [3.63, 3.8) is 0 Å². The number of halogens is 1. The van der Waals surface area contributed by atoms with Gasteiger partial charge in [0.1, 0.15) is 0 Å². The SMILES string of the molecule is CSCCC(=O)Nc1nc(CCl)cs1. The van der Waals surface area contributed by atoms with Crippen LogP contribution in [0.1, 0.15) is 12.1 Å². The Morgan fingerprint density at radius 1 is 1.79 bits per heavy atom. The van der Waals surface area contributed by atoms with Gasteiger partial charge in [-0.25, -0.2) is 4.98 Å². The van der Waals surface area contributed by atoms with Crippen LogP contribution >= 0.6 is 34.7 Å². The van der Waals surface area contributed by atoms with Crippen molar-refractivity contribution in [1.82, 2.24) is 4.98 Å². The first kappa shape index (κ1) is 11.8. The zero-order valence-electron chi connectivity index (χ0n) is 7.75. The summed E-state index contributed by atoms with van der Waals surface area (Å²) in [5.41, 5.74) is 0.803. The van der Waals surface area contributed by atoms with Crippen molar-refractivity contribution < 1.29 is 4.79 Å². The minimum absolute atomic E-state index is 0.00909. The first-order valence-corrected chi connectivity index (χ1v) is 6.86. The third-order valence-corrected chi connectivity index (χ3v) is 3.16. The van der Waals surface area contributed by atoms with E-state index in [2.05, 4.69) is 10.3 Å². The minimum atomic E-state index is 0.00909. The number of carbonyl (C=O) groups is 1. The van der Waals surface area contributed by atoms with E-state index in [4.69, 9.17) is 11.6 Å². The molecule has 0 spiro atoms. The molecule has 6 heteroatoms. The summed E-state index contributed by atoms with van der Waals surface area (Å²) in [6.07, 6.45) is 2.50. The van der Waals surface area contributed by atoms with E-state index in [-0.39, 0.29) is 5.91 Å². The number of amides is 1. The van der Waals surface area contributed by atoms with Gasteiger partial charge in [0.15, 0.2) is 5.13 Å². The Bertz CT molecular complexity index is 303. The normalized spacial score (nSPS) is 10.1. The molecule has 14 heavy (non-hydrogen) atoms. The van der Waals surface area contributed by atoms with Gasteiger partial charge in [-0.1, -0.05) is 0 Å². The van der Waals surface area contributed by atoms with Gasteiger partial charge in [0.05, 0.1) is 11.6 Å². The lowest BCUT2D eigenvalue weighted by molar-refractivity contribution is -0.115. The largest absolute Gasteiger partial charge is 0.302 e. The molecule has 1 N–H and O–H groups in total. The fourth-order valence-electron chi connectivity index (χ4n) is 0.802. The maximum Gasteiger partial charge on any atom is 0.226 e. The van der Waals surface area contributed by atoms with E-state index in [1.807, 2.05) is 11.6 Å². The molecule has 0 aromatic carbocycles. The molecular formula is C8H11ClN2OS2. The van der Waals surface area contributed by atoms with Gasteiger partial charge >= 0.3 is 0 Å². The summed E-state index contributed by atoms with van der Waals surface area (Å²) in [5.74, 6) is 1.23. The number of aromatic nitrogens is 1. The van der Waals surface area contributed by atoms with E-state index in [0.29, 0.717) is 17.4 Å². The quantitative estimate of drug-likeness (QED) is 0.817. The Morgan fingerprint density at radius 2 is 2.57 bits per heavy atom. The molecular weight excluding hydrogens is 240 g/mol. The number of thioether (sulfide) groups is 1. The number of thiazole rings is 1. The summed E-state index contributed by atoms with van der Waals surface area (Å²) < 4.78 is 0. The van der Waals surface area contributed by atoms with Crippen LogP contribution in [0.4, 0.5) is 5.13 Å². The topological polar surface area (TPSA) is 42.0 Å². The zero-order valence-corrected chi connectivity index (χ0v) is 10.1. The van der Waals surface area contributed by atoms with E-state index >= 15 is 0 Å². The first-order valence-electron chi connectivity index (χ1n) is 4.05. The molecule has 1 aromatic rings. The highest BCUT2D eigenvalue weighted by Gasteiger charge is 2.05. The molecule has 0 saturated carbocycles. The van der Waals surface area contributed by atoms with Crippen molar-refractivity contribution in [2.45, 2.75) is 12.3 Å². The first-order chi connectivity index (χ1) is 6.76. The standard InChI is InChI=1S/C8H11ClN2OS2/c1-13-3-2-7(12)11-8-10-6(4-9)5-14-8/h5H,2-4H2,1H3,(H,10,11,12). The van der Waals surface area contributed by atoms with Crippen LogP contribution in [0.2, 0.25) is 0 Å². The number of nitrogens with zero attached hydrogens (tertiary/aromatic N) is 1. The second-order valence-electron chi connectivity index (χ2n) is 2.57. The summed E-state index contributed by atoms with van der Waals surface area (Å²) in [7, 11) is 0. The predicted molar refractivity (Wildman–Crippen MR) is 63.3 cm³/mol. The van der Waals surface area contributed by atoms with Crippen molar-refractivity contribution >= 4 is 45.7 Å². The molecule has 0 atom stereocenters. The lowest BCUT2D eigenvalue weighted by atomic mass is 10.4. The van der Waals surface area contributed by atoms with E-state index in [0.717, 1.165) is 11.4 Å². The maximum absolute atomic E-state index is 11.3. The number of nitrogens with one attached hydrogen (secondary N) is 1. The number of hydrogen-bond donors (Lipinski definition) is 1. The molecule has 0 fully saturated rings. The average Bonchev–Trinajstić information content (AvgIpc) is 2.62. The van der Waals surface area contributed by atoms with E-state index in [1.165, 1.54) is 11.3 Å². The van der Waals surface area contributed by atoms with Gasteiger partial charge < -0.3 is 5.32 Å². The summed E-state index contributed by atoms with van der Waals surface area (Å²) in [6, 6.07) is 0. The lowest BCUT2D eigenvalue weighted by Gasteiger charge is -1.99. The van der Waals surface area contributed by atoms with Gasteiger partial charge in [-0.2, -0.15) is 11.8 Å². The molecule has 0 unspecified atom stereocenters. The van der Waals surface area contributed by atoms with Crippen LogP contribution in [0.25, 0.3) is 0 Å². The molecule has 0 saturated heterocycles. The highest BCUT2D eigenvalue weighted by atomic mass is 35.5. The van der Waals surface area contributed by atoms with E-state index in [1.54, 1.807) is 11.8 Å². The summed E-state index contributed by atoms with van der Waals surface area (Å²) >= 11 is 8.64. The summed E-state index contributed by atoms with van der Waals surface area (Å²) in [6.45, 7) is 0. The van der Waals surface area contributed by atoms with Gasteiger partial charge in [0.2, 0.25) is 5.91 Å². The number of alkyl halides is 1. The number of anilines is 1. The molecule has 1 rings (SSSR count). The number of carbonyl (C=O) groups excluding carboxylic acids is 1. The molecule has 1 amide bonds. The van der Waals surface area contributed by atoms with Crippen LogP contribution in [0.3, 0.4) is 0 Å². The summed E-state index contributed by atoms with van der Waals surface area (Å²) in [5, 5.41) is 5.20. The Morgan fingerprint density at radius 3 is 3.14 bits per heavy atom. The molecule has 1 heterocycles. The van der Waals surface area contributed by atoms with Crippen LogP contribution in [0.15, 0.2) is 5.38 Å². The molecule has 1 aromatic heterocycles. The van der Waals surface area contributed by atoms with Crippen molar-refractivity contribution in [3.8, 4) is 0 Å². The Hall–Kier alpha value is -0.260. The molecule has 0 aliphatic heterocycles. The lowest BCUT2D eigenvalue weighted by Crippen LogP contribution is -2.11. The Kier molecular flexibility index (Phi) is 5.29. The fraction of sp³-hybridized carbons (Fsp3) is 0.500. The van der Waals surface area contributed by atoms with Gasteiger partial charge in [-0.15, -0.1) is 22.9 Å². The fourth-order valence-corrected chi connectivity index (χ4v) is 2.15. The van der Waals surface area contributed by atoms with Crippen molar-refractivity contribution in [3.05, 3.63) is 11.1 Å². The highest BCUT2D eigenvalue weighted by molar-refractivity contribution is 7.98. The van der Waals surface area contributed by atoms with Crippen LogP contribution in [0, 0.1) is 0 Å². The molecule has 0 radical (unpaired) electrons. The monoisotopic (exact) mass is 250 g/mol. The third kappa shape index (κ3) is 3.86. The smallest absolute Gasteiger partial charge is 0.226 e. The number of rotatable bonds is 5. The third-order valence-electron chi connectivity index (χ3n) is 1.47. The van der Waals surface area contributed by atoms with Gasteiger partial charge in [-0.05, 0) is 6.26 Å². The van der Waals surface area contributed by atoms with Crippen molar-refractivity contribution in [2.75, 3.05) is 17.3 Å². The zero-order chi connectivity index (χ0) is 10.4. The van der Waals surface area contributed by atoms with Crippen LogP contribution in [-0.2, 0) is 10.7 Å². The second kappa shape index (κ2) is 6.27. The Labute approximate surface area is 96.3 Å². The Balaban J connectivity index is 2.39. The minimum Gasteiger partial charge on any atom is -0.302 e. The molecule has 78 valence electrons. The van der Waals surface area contributed by atoms with Crippen molar-refractivity contribution in [2.24, 2.45) is 0 Å². The van der Waals surface area contributed by atoms with Gasteiger partial charge in [0, 0.05) is 17.6 Å². The van der Waals surface area contributed by atoms with E-state index in [9.17, 15) is 4.79 Å². The molecule has 0 aliphatic carbocycles. The molecule has 3 nitrogen and oxygen atoms in total. The predicted octanol–water partition coefficient (Wildman–Crippen LogP) is 2.57. The average molecular weight is 251 g/mol. The van der Waals surface area contributed by atoms with Crippen molar-refractivity contribution in [1.29, 1.82) is 0 Å².